The SMILES string of the molecule is COc1cccc(-c2cncn2C2CC2)c1. The molecule has 3 heteroatoms. The van der Waals surface area contributed by atoms with Gasteiger partial charge in [0.05, 0.1) is 25.3 Å². The number of rotatable bonds is 3. The summed E-state index contributed by atoms with van der Waals surface area (Å²) in [5.74, 6) is 0.890. The van der Waals surface area contributed by atoms with Gasteiger partial charge in [-0.3, -0.25) is 0 Å². The highest BCUT2D eigenvalue weighted by Gasteiger charge is 2.25. The molecule has 1 saturated carbocycles. The van der Waals surface area contributed by atoms with Crippen LogP contribution in [0, 0.1) is 0 Å². The van der Waals surface area contributed by atoms with E-state index in [1.807, 2.05) is 24.7 Å². The van der Waals surface area contributed by atoms with E-state index in [4.69, 9.17) is 4.74 Å². The molecule has 0 N–H and O–H groups in total. The van der Waals surface area contributed by atoms with Crippen molar-refractivity contribution in [1.82, 2.24) is 9.55 Å². The van der Waals surface area contributed by atoms with Crippen LogP contribution in [0.5, 0.6) is 5.75 Å². The maximum Gasteiger partial charge on any atom is 0.119 e. The Labute approximate surface area is 94.7 Å². The average Bonchev–Trinajstić information content (AvgIpc) is 3.07. The van der Waals surface area contributed by atoms with Crippen LogP contribution in [-0.4, -0.2) is 16.7 Å². The van der Waals surface area contributed by atoms with E-state index in [0.29, 0.717) is 6.04 Å². The number of ether oxygens (including phenoxy) is 1. The fraction of sp³-hybridized carbons (Fsp3) is 0.308. The zero-order valence-electron chi connectivity index (χ0n) is 9.26. The molecule has 0 unspecified atom stereocenters. The Morgan fingerprint density at radius 3 is 3.00 bits per heavy atom. The molecular weight excluding hydrogens is 200 g/mol. The predicted octanol–water partition coefficient (Wildman–Crippen LogP) is 2.89. The smallest absolute Gasteiger partial charge is 0.119 e. The summed E-state index contributed by atoms with van der Waals surface area (Å²) < 4.78 is 7.50. The maximum atomic E-state index is 5.24. The van der Waals surface area contributed by atoms with Gasteiger partial charge in [-0.1, -0.05) is 12.1 Å². The number of aromatic nitrogens is 2. The zero-order valence-corrected chi connectivity index (χ0v) is 9.26. The Kier molecular flexibility index (Phi) is 2.17. The van der Waals surface area contributed by atoms with Crippen LogP contribution in [0.3, 0.4) is 0 Å². The van der Waals surface area contributed by atoms with Crippen molar-refractivity contribution in [1.29, 1.82) is 0 Å². The second-order valence-electron chi connectivity index (χ2n) is 4.15. The Hall–Kier alpha value is -1.77. The largest absolute Gasteiger partial charge is 0.497 e. The number of methoxy groups -OCH3 is 1. The molecule has 1 aromatic heterocycles. The van der Waals surface area contributed by atoms with E-state index in [1.165, 1.54) is 24.1 Å². The first kappa shape index (κ1) is 9.46. The van der Waals surface area contributed by atoms with Gasteiger partial charge in [-0.05, 0) is 25.0 Å². The zero-order chi connectivity index (χ0) is 11.0. The molecule has 1 fully saturated rings. The Bertz CT molecular complexity index is 500. The Morgan fingerprint density at radius 2 is 2.25 bits per heavy atom. The third-order valence-corrected chi connectivity index (χ3v) is 2.97. The lowest BCUT2D eigenvalue weighted by atomic mass is 10.1. The number of imidazole rings is 1. The van der Waals surface area contributed by atoms with Crippen molar-refractivity contribution in [3.8, 4) is 17.0 Å². The van der Waals surface area contributed by atoms with Gasteiger partial charge >= 0.3 is 0 Å². The first-order valence-electron chi connectivity index (χ1n) is 5.55. The van der Waals surface area contributed by atoms with E-state index in [9.17, 15) is 0 Å². The molecule has 0 aliphatic heterocycles. The van der Waals surface area contributed by atoms with E-state index in [1.54, 1.807) is 7.11 Å². The topological polar surface area (TPSA) is 27.1 Å². The molecule has 3 nitrogen and oxygen atoms in total. The van der Waals surface area contributed by atoms with Crippen LogP contribution in [0.4, 0.5) is 0 Å². The normalized spacial score (nSPS) is 15.1. The van der Waals surface area contributed by atoms with E-state index in [0.717, 1.165) is 5.75 Å². The van der Waals surface area contributed by atoms with Crippen LogP contribution in [0.1, 0.15) is 18.9 Å². The Balaban J connectivity index is 2.03. The van der Waals surface area contributed by atoms with Crippen molar-refractivity contribution in [3.05, 3.63) is 36.8 Å². The number of benzene rings is 1. The molecule has 82 valence electrons. The average molecular weight is 214 g/mol. The van der Waals surface area contributed by atoms with Gasteiger partial charge in [-0.15, -0.1) is 0 Å². The van der Waals surface area contributed by atoms with Crippen molar-refractivity contribution >= 4 is 0 Å². The number of hydrogen-bond acceptors (Lipinski definition) is 2. The van der Waals surface area contributed by atoms with Crippen LogP contribution in [-0.2, 0) is 0 Å². The van der Waals surface area contributed by atoms with Crippen LogP contribution in [0.25, 0.3) is 11.3 Å². The van der Waals surface area contributed by atoms with Gasteiger partial charge in [0, 0.05) is 11.6 Å². The van der Waals surface area contributed by atoms with Crippen LogP contribution >= 0.6 is 0 Å². The first-order valence-corrected chi connectivity index (χ1v) is 5.55. The highest BCUT2D eigenvalue weighted by molar-refractivity contribution is 5.61. The summed E-state index contributed by atoms with van der Waals surface area (Å²) in [6.07, 6.45) is 6.39. The summed E-state index contributed by atoms with van der Waals surface area (Å²) in [4.78, 5) is 4.24. The predicted molar refractivity (Wildman–Crippen MR) is 62.5 cm³/mol. The molecule has 2 aromatic rings. The molecule has 16 heavy (non-hydrogen) atoms. The first-order chi connectivity index (χ1) is 7.88. The fourth-order valence-electron chi connectivity index (χ4n) is 1.95. The Morgan fingerprint density at radius 1 is 1.38 bits per heavy atom. The number of hydrogen-bond donors (Lipinski definition) is 0. The van der Waals surface area contributed by atoms with Gasteiger partial charge in [0.15, 0.2) is 0 Å². The molecule has 0 bridgehead atoms. The van der Waals surface area contributed by atoms with E-state index < -0.39 is 0 Å². The van der Waals surface area contributed by atoms with E-state index in [-0.39, 0.29) is 0 Å². The van der Waals surface area contributed by atoms with Crippen molar-refractivity contribution in [2.75, 3.05) is 7.11 Å². The van der Waals surface area contributed by atoms with Crippen molar-refractivity contribution in [2.45, 2.75) is 18.9 Å². The van der Waals surface area contributed by atoms with Gasteiger partial charge in [-0.25, -0.2) is 4.98 Å². The molecule has 0 radical (unpaired) electrons. The molecule has 1 aliphatic rings. The summed E-state index contributed by atoms with van der Waals surface area (Å²) in [5, 5.41) is 0. The molecule has 0 amide bonds. The van der Waals surface area contributed by atoms with Gasteiger partial charge in [0.1, 0.15) is 5.75 Å². The maximum absolute atomic E-state index is 5.24. The molecule has 0 saturated heterocycles. The third-order valence-electron chi connectivity index (χ3n) is 2.97. The molecular formula is C13H14N2O. The molecule has 1 aromatic carbocycles. The minimum atomic E-state index is 0.656. The summed E-state index contributed by atoms with van der Waals surface area (Å²) in [6.45, 7) is 0. The van der Waals surface area contributed by atoms with Crippen molar-refractivity contribution in [3.63, 3.8) is 0 Å². The van der Waals surface area contributed by atoms with Gasteiger partial charge in [-0.2, -0.15) is 0 Å². The van der Waals surface area contributed by atoms with E-state index in [2.05, 4.69) is 21.7 Å². The highest BCUT2D eigenvalue weighted by atomic mass is 16.5. The second kappa shape index (κ2) is 3.67. The van der Waals surface area contributed by atoms with E-state index >= 15 is 0 Å². The van der Waals surface area contributed by atoms with Crippen LogP contribution in [0.2, 0.25) is 0 Å². The van der Waals surface area contributed by atoms with Crippen molar-refractivity contribution in [2.24, 2.45) is 0 Å². The fourth-order valence-corrected chi connectivity index (χ4v) is 1.95. The molecule has 0 spiro atoms. The van der Waals surface area contributed by atoms with Gasteiger partial charge in [0.25, 0.3) is 0 Å². The summed E-state index contributed by atoms with van der Waals surface area (Å²) in [5.41, 5.74) is 2.35. The van der Waals surface area contributed by atoms with Crippen LogP contribution in [0.15, 0.2) is 36.8 Å². The third kappa shape index (κ3) is 1.58. The lowest BCUT2D eigenvalue weighted by Gasteiger charge is -2.07. The summed E-state index contributed by atoms with van der Waals surface area (Å²) in [6, 6.07) is 8.78. The standard InChI is InChI=1S/C13H14N2O/c1-16-12-4-2-3-10(7-12)13-8-14-9-15(13)11-5-6-11/h2-4,7-9,11H,5-6H2,1H3. The van der Waals surface area contributed by atoms with Crippen LogP contribution < -0.4 is 4.74 Å². The van der Waals surface area contributed by atoms with Gasteiger partial charge < -0.3 is 9.30 Å². The minimum absolute atomic E-state index is 0.656. The minimum Gasteiger partial charge on any atom is -0.497 e. The van der Waals surface area contributed by atoms with Crippen molar-refractivity contribution < 1.29 is 4.74 Å². The number of nitrogens with zero attached hydrogens (tertiary/aromatic N) is 2. The molecule has 1 heterocycles. The second-order valence-corrected chi connectivity index (χ2v) is 4.15. The van der Waals surface area contributed by atoms with Gasteiger partial charge in [0.2, 0.25) is 0 Å². The monoisotopic (exact) mass is 214 g/mol. The quantitative estimate of drug-likeness (QED) is 0.785. The highest BCUT2D eigenvalue weighted by Crippen LogP contribution is 2.38. The lowest BCUT2D eigenvalue weighted by molar-refractivity contribution is 0.415. The summed E-state index contributed by atoms with van der Waals surface area (Å²) >= 11 is 0. The molecule has 3 rings (SSSR count). The molecule has 1 aliphatic carbocycles. The lowest BCUT2D eigenvalue weighted by Crippen LogP contribution is -1.94. The summed E-state index contributed by atoms with van der Waals surface area (Å²) in [7, 11) is 1.69. The molecule has 0 atom stereocenters.